The van der Waals surface area contributed by atoms with Gasteiger partial charge in [-0.1, -0.05) is 18.2 Å². The van der Waals surface area contributed by atoms with E-state index in [1.54, 1.807) is 30.1 Å². The quantitative estimate of drug-likeness (QED) is 0.701. The lowest BCUT2D eigenvalue weighted by Crippen LogP contribution is -2.25. The SMILES string of the molecule is CN(C(=O)c1cc2cc(N(C)S(C)(=O)=O)ccc2s1)c1ccccc1. The number of amides is 1. The Balaban J connectivity index is 1.95. The van der Waals surface area contributed by atoms with Crippen LogP contribution in [0.15, 0.2) is 54.6 Å². The predicted molar refractivity (Wildman–Crippen MR) is 104 cm³/mol. The molecule has 0 spiro atoms. The second-order valence-electron chi connectivity index (χ2n) is 5.76. The molecule has 0 atom stereocenters. The van der Waals surface area contributed by atoms with Crippen molar-refractivity contribution in [3.05, 3.63) is 59.5 Å². The lowest BCUT2D eigenvalue weighted by atomic mass is 10.2. The molecule has 1 aromatic heterocycles. The summed E-state index contributed by atoms with van der Waals surface area (Å²) < 4.78 is 25.6. The van der Waals surface area contributed by atoms with Gasteiger partial charge in [0, 0.05) is 24.5 Å². The summed E-state index contributed by atoms with van der Waals surface area (Å²) in [7, 11) is -0.0689. The summed E-state index contributed by atoms with van der Waals surface area (Å²) >= 11 is 1.40. The highest BCUT2D eigenvalue weighted by Gasteiger charge is 2.18. The van der Waals surface area contributed by atoms with Crippen LogP contribution in [0.1, 0.15) is 9.67 Å². The normalized spacial score (nSPS) is 11.5. The van der Waals surface area contributed by atoms with Crippen molar-refractivity contribution >= 4 is 48.7 Å². The highest BCUT2D eigenvalue weighted by molar-refractivity contribution is 7.92. The number of nitrogens with zero attached hydrogens (tertiary/aromatic N) is 2. The van der Waals surface area contributed by atoms with E-state index in [1.165, 1.54) is 22.7 Å². The highest BCUT2D eigenvalue weighted by Crippen LogP contribution is 2.31. The lowest BCUT2D eigenvalue weighted by Gasteiger charge is -2.16. The van der Waals surface area contributed by atoms with Gasteiger partial charge in [0.2, 0.25) is 10.0 Å². The van der Waals surface area contributed by atoms with E-state index in [-0.39, 0.29) is 5.91 Å². The topological polar surface area (TPSA) is 57.7 Å². The fourth-order valence-electron chi connectivity index (χ4n) is 2.46. The Hall–Kier alpha value is -2.38. The standard InChI is InChI=1S/C18H18N2O3S2/c1-19(14-7-5-4-6-8-14)18(21)17-12-13-11-15(9-10-16(13)24-17)20(2)25(3,22)23/h4-12H,1-3H3. The molecule has 7 heteroatoms. The fourth-order valence-corrected chi connectivity index (χ4v) is 3.97. The van der Waals surface area contributed by atoms with Crippen LogP contribution in [0, 0.1) is 0 Å². The van der Waals surface area contributed by atoms with Crippen molar-refractivity contribution in [2.24, 2.45) is 0 Å². The number of anilines is 2. The molecule has 130 valence electrons. The maximum absolute atomic E-state index is 12.7. The van der Waals surface area contributed by atoms with Gasteiger partial charge >= 0.3 is 0 Å². The Morgan fingerprint density at radius 1 is 0.960 bits per heavy atom. The Kier molecular flexibility index (Phi) is 4.53. The number of rotatable bonds is 4. The number of fused-ring (bicyclic) bond motifs is 1. The lowest BCUT2D eigenvalue weighted by molar-refractivity contribution is 0.0997. The largest absolute Gasteiger partial charge is 0.311 e. The average molecular weight is 374 g/mol. The molecular weight excluding hydrogens is 356 g/mol. The maximum atomic E-state index is 12.7. The summed E-state index contributed by atoms with van der Waals surface area (Å²) in [6.07, 6.45) is 1.16. The van der Waals surface area contributed by atoms with Gasteiger partial charge in [0.05, 0.1) is 16.8 Å². The molecule has 0 fully saturated rings. The molecule has 0 aliphatic heterocycles. The molecule has 0 radical (unpaired) electrons. The second kappa shape index (κ2) is 6.50. The van der Waals surface area contributed by atoms with Crippen LogP contribution in [0.3, 0.4) is 0 Å². The fraction of sp³-hybridized carbons (Fsp3) is 0.167. The predicted octanol–water partition coefficient (Wildman–Crippen LogP) is 3.57. The van der Waals surface area contributed by atoms with E-state index in [1.807, 2.05) is 36.4 Å². The zero-order valence-electron chi connectivity index (χ0n) is 14.1. The number of carbonyl (C=O) groups is 1. The van der Waals surface area contributed by atoms with Crippen molar-refractivity contribution in [2.75, 3.05) is 29.6 Å². The molecule has 0 N–H and O–H groups in total. The van der Waals surface area contributed by atoms with Crippen molar-refractivity contribution in [1.29, 1.82) is 0 Å². The molecule has 3 aromatic rings. The van der Waals surface area contributed by atoms with Gasteiger partial charge < -0.3 is 4.90 Å². The van der Waals surface area contributed by atoms with Crippen LogP contribution in [-0.4, -0.2) is 34.7 Å². The van der Waals surface area contributed by atoms with E-state index in [0.29, 0.717) is 10.6 Å². The molecule has 0 unspecified atom stereocenters. The summed E-state index contributed by atoms with van der Waals surface area (Å²) in [4.78, 5) is 14.9. The molecular formula is C18H18N2O3S2. The number of hydrogen-bond acceptors (Lipinski definition) is 4. The van der Waals surface area contributed by atoms with Crippen LogP contribution in [0.5, 0.6) is 0 Å². The average Bonchev–Trinajstić information content (AvgIpc) is 3.02. The summed E-state index contributed by atoms with van der Waals surface area (Å²) in [5.74, 6) is -0.0922. The Morgan fingerprint density at radius 3 is 2.28 bits per heavy atom. The van der Waals surface area contributed by atoms with Crippen molar-refractivity contribution in [2.45, 2.75) is 0 Å². The Morgan fingerprint density at radius 2 is 1.64 bits per heavy atom. The molecule has 0 saturated heterocycles. The third kappa shape index (κ3) is 3.52. The minimum Gasteiger partial charge on any atom is -0.311 e. The summed E-state index contributed by atoms with van der Waals surface area (Å²) in [5, 5.41) is 0.850. The van der Waals surface area contributed by atoms with Gasteiger partial charge in [0.1, 0.15) is 0 Å². The van der Waals surface area contributed by atoms with Crippen LogP contribution in [0.2, 0.25) is 0 Å². The number of sulfonamides is 1. The van der Waals surface area contributed by atoms with Gasteiger partial charge in [-0.2, -0.15) is 0 Å². The molecule has 0 aliphatic carbocycles. The molecule has 3 rings (SSSR count). The molecule has 0 saturated carbocycles. The highest BCUT2D eigenvalue weighted by atomic mass is 32.2. The zero-order chi connectivity index (χ0) is 18.2. The molecule has 0 bridgehead atoms. The van der Waals surface area contributed by atoms with Crippen LogP contribution in [0.4, 0.5) is 11.4 Å². The van der Waals surface area contributed by atoms with Gasteiger partial charge in [-0.3, -0.25) is 9.10 Å². The van der Waals surface area contributed by atoms with Crippen molar-refractivity contribution in [3.63, 3.8) is 0 Å². The monoisotopic (exact) mass is 374 g/mol. The first kappa shape index (κ1) is 17.4. The van der Waals surface area contributed by atoms with Gasteiger partial charge in [0.25, 0.3) is 5.91 Å². The summed E-state index contributed by atoms with van der Waals surface area (Å²) in [5.41, 5.74) is 1.39. The first-order valence-corrected chi connectivity index (χ1v) is 10.2. The Labute approximate surface area is 151 Å². The number of hydrogen-bond donors (Lipinski definition) is 0. The third-order valence-electron chi connectivity index (χ3n) is 4.02. The summed E-state index contributed by atoms with van der Waals surface area (Å²) in [6, 6.07) is 16.6. The second-order valence-corrected chi connectivity index (χ2v) is 8.86. The minimum atomic E-state index is -3.32. The molecule has 1 heterocycles. The molecule has 1 amide bonds. The van der Waals surface area contributed by atoms with E-state index in [0.717, 1.165) is 22.0 Å². The van der Waals surface area contributed by atoms with E-state index >= 15 is 0 Å². The van der Waals surface area contributed by atoms with Crippen LogP contribution < -0.4 is 9.21 Å². The maximum Gasteiger partial charge on any atom is 0.268 e. The smallest absolute Gasteiger partial charge is 0.268 e. The van der Waals surface area contributed by atoms with Gasteiger partial charge in [-0.15, -0.1) is 11.3 Å². The first-order valence-electron chi connectivity index (χ1n) is 7.58. The van der Waals surface area contributed by atoms with Crippen molar-refractivity contribution in [3.8, 4) is 0 Å². The number of benzene rings is 2. The van der Waals surface area contributed by atoms with Crippen LogP contribution >= 0.6 is 11.3 Å². The third-order valence-corrected chi connectivity index (χ3v) is 6.33. The Bertz CT molecular complexity index is 1030. The molecule has 2 aromatic carbocycles. The summed E-state index contributed by atoms with van der Waals surface area (Å²) in [6.45, 7) is 0. The van der Waals surface area contributed by atoms with Gasteiger partial charge in [0.15, 0.2) is 0 Å². The van der Waals surface area contributed by atoms with Crippen molar-refractivity contribution in [1.82, 2.24) is 0 Å². The van der Waals surface area contributed by atoms with Crippen LogP contribution in [-0.2, 0) is 10.0 Å². The van der Waals surface area contributed by atoms with E-state index in [2.05, 4.69) is 0 Å². The van der Waals surface area contributed by atoms with E-state index in [4.69, 9.17) is 0 Å². The van der Waals surface area contributed by atoms with Crippen molar-refractivity contribution < 1.29 is 13.2 Å². The number of carbonyl (C=O) groups excluding carboxylic acids is 1. The number of para-hydroxylation sites is 1. The van der Waals surface area contributed by atoms with E-state index in [9.17, 15) is 13.2 Å². The molecule has 25 heavy (non-hydrogen) atoms. The van der Waals surface area contributed by atoms with Gasteiger partial charge in [-0.05, 0) is 41.8 Å². The first-order chi connectivity index (χ1) is 11.8. The van der Waals surface area contributed by atoms with Crippen LogP contribution in [0.25, 0.3) is 10.1 Å². The number of thiophene rings is 1. The molecule has 5 nitrogen and oxygen atoms in total. The molecule has 0 aliphatic rings. The minimum absolute atomic E-state index is 0.0922. The van der Waals surface area contributed by atoms with E-state index < -0.39 is 10.0 Å². The van der Waals surface area contributed by atoms with Gasteiger partial charge in [-0.25, -0.2) is 8.42 Å². The zero-order valence-corrected chi connectivity index (χ0v) is 15.8.